The van der Waals surface area contributed by atoms with Gasteiger partial charge in [0.1, 0.15) is 5.56 Å². The Morgan fingerprint density at radius 2 is 1.87 bits per heavy atom. The van der Waals surface area contributed by atoms with Crippen molar-refractivity contribution in [2.24, 2.45) is 5.92 Å². The van der Waals surface area contributed by atoms with Crippen LogP contribution in [0.25, 0.3) is 22.1 Å². The first kappa shape index (κ1) is 24.6. The Labute approximate surface area is 226 Å². The van der Waals surface area contributed by atoms with Crippen molar-refractivity contribution < 1.29 is 4.79 Å². The number of hydrogen-bond acceptors (Lipinski definition) is 4. The summed E-state index contributed by atoms with van der Waals surface area (Å²) in [5.41, 5.74) is 3.49. The van der Waals surface area contributed by atoms with Gasteiger partial charge >= 0.3 is 0 Å². The molecule has 1 saturated carbocycles. The molecule has 1 aliphatic carbocycles. The minimum absolute atomic E-state index is 0.153. The number of nitrogens with one attached hydrogen (secondary N) is 1. The van der Waals surface area contributed by atoms with Gasteiger partial charge < -0.3 is 5.32 Å². The molecule has 1 fully saturated rings. The molecule has 1 aliphatic rings. The quantitative estimate of drug-likeness (QED) is 0.326. The fourth-order valence-electron chi connectivity index (χ4n) is 5.50. The number of rotatable bonds is 4. The highest BCUT2D eigenvalue weighted by atomic mass is 16.2. The number of aryl methyl sites for hydroxylation is 1. The molecule has 3 aromatic heterocycles. The third-order valence-corrected chi connectivity index (χ3v) is 7.44. The molecule has 0 saturated heterocycles. The molecule has 6 rings (SSSR count). The van der Waals surface area contributed by atoms with Crippen molar-refractivity contribution in [1.29, 1.82) is 0 Å². The SMILES string of the molecule is Cc1nn2cccnc2c1C(=O)N[C@H](C)c1cc2cccc(C#CC3CCCC3)c2c(=O)n1-c1ccccc1. The van der Waals surface area contributed by atoms with Crippen LogP contribution in [0.2, 0.25) is 0 Å². The Balaban J connectivity index is 1.46. The van der Waals surface area contributed by atoms with Gasteiger partial charge in [-0.05, 0) is 62.4 Å². The van der Waals surface area contributed by atoms with Crippen LogP contribution in [-0.4, -0.2) is 25.1 Å². The summed E-state index contributed by atoms with van der Waals surface area (Å²) in [6, 6.07) is 18.6. The maximum atomic E-state index is 14.2. The Hall–Kier alpha value is -4.70. The number of carbonyl (C=O) groups excluding carboxylic acids is 1. The number of nitrogens with zero attached hydrogens (tertiary/aromatic N) is 4. The molecule has 2 aromatic carbocycles. The first-order valence-electron chi connectivity index (χ1n) is 13.4. The number of carbonyl (C=O) groups is 1. The second-order valence-corrected chi connectivity index (χ2v) is 10.1. The number of fused-ring (bicyclic) bond motifs is 2. The van der Waals surface area contributed by atoms with E-state index in [-0.39, 0.29) is 11.5 Å². The highest BCUT2D eigenvalue weighted by Gasteiger charge is 2.23. The second kappa shape index (κ2) is 10.2. The van der Waals surface area contributed by atoms with Gasteiger partial charge in [0.25, 0.3) is 11.5 Å². The molecule has 0 aliphatic heterocycles. The zero-order valence-electron chi connectivity index (χ0n) is 22.0. The summed E-state index contributed by atoms with van der Waals surface area (Å²) in [5, 5.41) is 8.90. The number of amides is 1. The van der Waals surface area contributed by atoms with Crippen molar-refractivity contribution >= 4 is 22.3 Å². The van der Waals surface area contributed by atoms with Gasteiger partial charge in [0.05, 0.1) is 17.1 Å². The van der Waals surface area contributed by atoms with Crippen LogP contribution in [0.3, 0.4) is 0 Å². The fraction of sp³-hybridized carbons (Fsp3) is 0.250. The predicted octanol–water partition coefficient (Wildman–Crippen LogP) is 5.37. The molecule has 0 bridgehead atoms. The van der Waals surface area contributed by atoms with E-state index in [0.717, 1.165) is 29.5 Å². The minimum Gasteiger partial charge on any atom is -0.344 e. The van der Waals surface area contributed by atoms with E-state index in [1.807, 2.05) is 61.5 Å². The zero-order chi connectivity index (χ0) is 26.9. The van der Waals surface area contributed by atoms with E-state index >= 15 is 0 Å². The van der Waals surface area contributed by atoms with Crippen molar-refractivity contribution in [3.8, 4) is 17.5 Å². The number of hydrogen-bond donors (Lipinski definition) is 1. The lowest BCUT2D eigenvalue weighted by molar-refractivity contribution is 0.0939. The van der Waals surface area contributed by atoms with E-state index in [0.29, 0.717) is 33.9 Å². The molecule has 0 unspecified atom stereocenters. The summed E-state index contributed by atoms with van der Waals surface area (Å²) in [4.78, 5) is 32.0. The molecule has 1 N–H and O–H groups in total. The van der Waals surface area contributed by atoms with Gasteiger partial charge in [-0.3, -0.25) is 14.2 Å². The lowest BCUT2D eigenvalue weighted by atomic mass is 10.0. The van der Waals surface area contributed by atoms with Crippen LogP contribution >= 0.6 is 0 Å². The molecule has 1 amide bonds. The van der Waals surface area contributed by atoms with Gasteiger partial charge in [-0.15, -0.1) is 0 Å². The van der Waals surface area contributed by atoms with E-state index in [2.05, 4.69) is 27.2 Å². The smallest absolute Gasteiger partial charge is 0.264 e. The molecule has 3 heterocycles. The molecule has 39 heavy (non-hydrogen) atoms. The van der Waals surface area contributed by atoms with Crippen LogP contribution in [0.5, 0.6) is 0 Å². The number of pyridine rings is 1. The molecule has 7 heteroatoms. The van der Waals surface area contributed by atoms with Crippen molar-refractivity contribution in [2.75, 3.05) is 0 Å². The first-order chi connectivity index (χ1) is 19.0. The molecular formula is C32H29N5O2. The normalized spacial score (nSPS) is 14.3. The Morgan fingerprint density at radius 3 is 2.67 bits per heavy atom. The van der Waals surface area contributed by atoms with Gasteiger partial charge in [-0.25, -0.2) is 9.50 Å². The standard InChI is InChI=1S/C32H29N5O2/c1-21(34-31(38)28-22(2)35-36-19-9-18-33-30(28)36)27-20-25-13-8-12-24(17-16-23-10-6-7-11-23)29(25)32(39)37(27)26-14-4-3-5-15-26/h3-5,8-9,12-15,18-21,23H,6-7,10-11H2,1-2H3,(H,34,38)/t21-/m1/s1. The van der Waals surface area contributed by atoms with E-state index in [1.54, 1.807) is 34.5 Å². The number of benzene rings is 2. The lowest BCUT2D eigenvalue weighted by Crippen LogP contribution is -2.32. The van der Waals surface area contributed by atoms with Crippen molar-refractivity contribution in [1.82, 2.24) is 24.5 Å². The van der Waals surface area contributed by atoms with Gasteiger partial charge in [-0.2, -0.15) is 5.10 Å². The molecule has 7 nitrogen and oxygen atoms in total. The zero-order valence-corrected chi connectivity index (χ0v) is 22.0. The molecule has 1 atom stereocenters. The largest absolute Gasteiger partial charge is 0.344 e. The van der Waals surface area contributed by atoms with Crippen molar-refractivity contribution in [2.45, 2.75) is 45.6 Å². The summed E-state index contributed by atoms with van der Waals surface area (Å²) in [6.07, 6.45) is 8.07. The van der Waals surface area contributed by atoms with Crippen LogP contribution < -0.4 is 10.9 Å². The minimum atomic E-state index is -0.485. The molecular weight excluding hydrogens is 486 g/mol. The highest BCUT2D eigenvalue weighted by Crippen LogP contribution is 2.26. The van der Waals surface area contributed by atoms with Crippen LogP contribution in [0.15, 0.2) is 77.9 Å². The van der Waals surface area contributed by atoms with Crippen LogP contribution in [0.1, 0.15) is 66.0 Å². The van der Waals surface area contributed by atoms with Crippen molar-refractivity contribution in [3.05, 3.63) is 106 Å². The van der Waals surface area contributed by atoms with E-state index in [9.17, 15) is 9.59 Å². The van der Waals surface area contributed by atoms with Gasteiger partial charge in [0.15, 0.2) is 5.65 Å². The Kier molecular flexibility index (Phi) is 6.45. The maximum Gasteiger partial charge on any atom is 0.264 e. The van der Waals surface area contributed by atoms with E-state index in [1.165, 1.54) is 12.8 Å². The molecule has 0 radical (unpaired) electrons. The van der Waals surface area contributed by atoms with Crippen molar-refractivity contribution in [3.63, 3.8) is 0 Å². The molecule has 0 spiro atoms. The van der Waals surface area contributed by atoms with Gasteiger partial charge in [0, 0.05) is 35.3 Å². The number of para-hydroxylation sites is 1. The summed E-state index contributed by atoms with van der Waals surface area (Å²) in [6.45, 7) is 3.68. The first-order valence-corrected chi connectivity index (χ1v) is 13.4. The summed E-state index contributed by atoms with van der Waals surface area (Å²) in [5.74, 6) is 6.83. The Bertz CT molecular complexity index is 1820. The predicted molar refractivity (Wildman–Crippen MR) is 152 cm³/mol. The second-order valence-electron chi connectivity index (χ2n) is 10.1. The van der Waals surface area contributed by atoms with E-state index < -0.39 is 6.04 Å². The van der Waals surface area contributed by atoms with E-state index in [4.69, 9.17) is 0 Å². The van der Waals surface area contributed by atoms with Crippen LogP contribution in [-0.2, 0) is 0 Å². The Morgan fingerprint density at radius 1 is 1.08 bits per heavy atom. The van der Waals surface area contributed by atoms with Crippen LogP contribution in [0, 0.1) is 24.7 Å². The third kappa shape index (κ3) is 4.59. The summed E-state index contributed by atoms with van der Waals surface area (Å²) < 4.78 is 3.29. The summed E-state index contributed by atoms with van der Waals surface area (Å²) >= 11 is 0. The fourth-order valence-corrected chi connectivity index (χ4v) is 5.50. The third-order valence-electron chi connectivity index (χ3n) is 7.44. The van der Waals surface area contributed by atoms with Gasteiger partial charge in [0.2, 0.25) is 0 Å². The molecule has 194 valence electrons. The lowest BCUT2D eigenvalue weighted by Gasteiger charge is -2.21. The maximum absolute atomic E-state index is 14.2. The molecule has 5 aromatic rings. The van der Waals surface area contributed by atoms with Crippen LogP contribution in [0.4, 0.5) is 0 Å². The average molecular weight is 516 g/mol. The van der Waals surface area contributed by atoms with Gasteiger partial charge in [-0.1, -0.05) is 55.0 Å². The monoisotopic (exact) mass is 515 g/mol. The average Bonchev–Trinajstić information content (AvgIpc) is 3.59. The topological polar surface area (TPSA) is 81.3 Å². The number of aromatic nitrogens is 4. The summed E-state index contributed by atoms with van der Waals surface area (Å²) in [7, 11) is 0. The highest BCUT2D eigenvalue weighted by molar-refractivity contribution is 6.01.